The van der Waals surface area contributed by atoms with E-state index in [4.69, 9.17) is 15.6 Å². The van der Waals surface area contributed by atoms with Gasteiger partial charge in [0, 0.05) is 6.92 Å². The molecule has 0 aliphatic carbocycles. The van der Waals surface area contributed by atoms with E-state index in [0.29, 0.717) is 13.2 Å². The first-order valence-electron chi connectivity index (χ1n) is 4.65. The molecule has 0 radical (unpaired) electrons. The van der Waals surface area contributed by atoms with Crippen molar-refractivity contribution in [2.45, 2.75) is 31.3 Å². The molecule has 13 heavy (non-hydrogen) atoms. The number of hydrogen-bond acceptors (Lipinski definition) is 5. The van der Waals surface area contributed by atoms with Crippen LogP contribution in [-0.4, -0.2) is 50.1 Å². The number of aliphatic hydroxyl groups excluding tert-OH is 1. The average Bonchev–Trinajstić information content (AvgIpc) is 2.67. The zero-order chi connectivity index (χ0) is 10.1. The molecule has 1 N–H and O–H groups in total. The normalized spacial score (nSPS) is 44.2. The molecule has 0 aromatic heterocycles. The van der Waals surface area contributed by atoms with Gasteiger partial charge in [0.05, 0.1) is 13.2 Å². The van der Waals surface area contributed by atoms with Crippen LogP contribution in [-0.2, 0) is 19.0 Å². The highest BCUT2D eigenvalue weighted by molar-refractivity contribution is 5.66. The van der Waals surface area contributed by atoms with Crippen LogP contribution in [0.5, 0.6) is 0 Å². The summed E-state index contributed by atoms with van der Waals surface area (Å²) >= 11 is 0. The van der Waals surface area contributed by atoms with Crippen LogP contribution in [0.3, 0.4) is 0 Å². The van der Waals surface area contributed by atoms with Gasteiger partial charge in [-0.05, 0) is 0 Å². The maximum absolute atomic E-state index is 10.7. The van der Waals surface area contributed by atoms with E-state index in [0.717, 1.165) is 0 Å². The zero-order valence-corrected chi connectivity index (χ0v) is 7.26. The third-order valence-corrected chi connectivity index (χ3v) is 2.28. The van der Waals surface area contributed by atoms with Gasteiger partial charge in [-0.25, -0.2) is 0 Å². The number of rotatable bonds is 2. The maximum Gasteiger partial charge on any atom is 0.303 e. The first-order chi connectivity index (χ1) is 6.72. The lowest BCUT2D eigenvalue weighted by atomic mass is 10.1. The number of aliphatic hydroxyl groups is 1. The maximum atomic E-state index is 10.7. The van der Waals surface area contributed by atoms with Crippen molar-refractivity contribution in [2.75, 3.05) is 13.2 Å². The summed E-state index contributed by atoms with van der Waals surface area (Å²) in [5.41, 5.74) is 0. The fourth-order valence-electron chi connectivity index (χ4n) is 1.74. The number of hydrogen-bond donors (Lipinski definition) is 1. The Bertz CT molecular complexity index is 234. The zero-order valence-electron chi connectivity index (χ0n) is 8.26. The molecule has 2 heterocycles. The van der Waals surface area contributed by atoms with E-state index in [1.165, 1.54) is 6.92 Å². The van der Waals surface area contributed by atoms with E-state index in [2.05, 4.69) is 5.11 Å². The van der Waals surface area contributed by atoms with Crippen molar-refractivity contribution in [3.8, 4) is 0 Å². The fourth-order valence-corrected chi connectivity index (χ4v) is 1.74. The average molecular weight is 189 g/mol. The molecule has 0 aromatic carbocycles. The molecule has 5 nitrogen and oxygen atoms in total. The Morgan fingerprint density at radius 3 is 3.00 bits per heavy atom. The Morgan fingerprint density at radius 2 is 2.31 bits per heavy atom. The van der Waals surface area contributed by atoms with Gasteiger partial charge in [0.1, 0.15) is 18.3 Å². The molecule has 0 saturated carbocycles. The van der Waals surface area contributed by atoms with Crippen LogP contribution in [0.15, 0.2) is 0 Å². The van der Waals surface area contributed by atoms with Gasteiger partial charge >= 0.3 is 5.97 Å². The minimum absolute atomic E-state index is 0.281. The number of esters is 1. The van der Waals surface area contributed by atoms with Gasteiger partial charge in [-0.2, -0.15) is 0 Å². The predicted molar refractivity (Wildman–Crippen MR) is 41.0 cm³/mol. The molecule has 2 aliphatic heterocycles. The fraction of sp³-hybridized carbons (Fsp3) is 0.875. The lowest BCUT2D eigenvalue weighted by molar-refractivity contribution is -0.151. The molecule has 0 aromatic rings. The summed E-state index contributed by atoms with van der Waals surface area (Å²) in [4.78, 5) is 10.7. The molecule has 74 valence electrons. The van der Waals surface area contributed by atoms with Crippen LogP contribution in [0.25, 0.3) is 0 Å². The number of ether oxygens (including phenoxy) is 3. The lowest BCUT2D eigenvalue weighted by Crippen LogP contribution is -2.33. The van der Waals surface area contributed by atoms with E-state index >= 15 is 0 Å². The highest BCUT2D eigenvalue weighted by atomic mass is 16.6. The third kappa shape index (κ3) is 1.54. The number of carbonyl (C=O) groups excluding carboxylic acids is 1. The third-order valence-electron chi connectivity index (χ3n) is 2.28. The Morgan fingerprint density at radius 1 is 1.54 bits per heavy atom. The van der Waals surface area contributed by atoms with Crippen LogP contribution in [0, 0.1) is 0 Å². The molecule has 0 bridgehead atoms. The standard InChI is InChI=1S/C8H12O5/c1-4(9)13-6-3-12-7-5(10)2-11-8(6)7/h5-8,10H,2-3H2,1H3/i10D. The van der Waals surface area contributed by atoms with Crippen molar-refractivity contribution < 1.29 is 24.1 Å². The van der Waals surface area contributed by atoms with Gasteiger partial charge in [-0.15, -0.1) is 0 Å². The predicted octanol–water partition coefficient (Wildman–Crippen LogP) is -0.923. The Balaban J connectivity index is 1.97. The van der Waals surface area contributed by atoms with Crippen molar-refractivity contribution >= 4 is 5.97 Å². The summed E-state index contributed by atoms with van der Waals surface area (Å²) in [6, 6.07) is 0. The smallest absolute Gasteiger partial charge is 0.303 e. The molecule has 2 aliphatic rings. The second kappa shape index (κ2) is 3.25. The van der Waals surface area contributed by atoms with Gasteiger partial charge < -0.3 is 19.3 Å². The Kier molecular flexibility index (Phi) is 1.93. The Labute approximate surface area is 77.1 Å². The SMILES string of the molecule is [2H]OC1COC2C(OC(C)=O)COC12. The summed E-state index contributed by atoms with van der Waals surface area (Å²) < 4.78 is 22.5. The van der Waals surface area contributed by atoms with E-state index in [-0.39, 0.29) is 30.4 Å². The monoisotopic (exact) mass is 189 g/mol. The van der Waals surface area contributed by atoms with Crippen molar-refractivity contribution in [2.24, 2.45) is 0 Å². The van der Waals surface area contributed by atoms with Crippen molar-refractivity contribution in [3.05, 3.63) is 0 Å². The van der Waals surface area contributed by atoms with Gasteiger partial charge in [0.15, 0.2) is 6.10 Å². The van der Waals surface area contributed by atoms with E-state index in [1.807, 2.05) is 0 Å². The molecule has 4 atom stereocenters. The number of fused-ring (bicyclic) bond motifs is 1. The molecule has 2 rings (SSSR count). The molecule has 0 spiro atoms. The molecular weight excluding hydrogens is 176 g/mol. The molecular formula is C8H12O5. The second-order valence-corrected chi connectivity index (χ2v) is 3.28. The summed E-state index contributed by atoms with van der Waals surface area (Å²) in [6.07, 6.45) is -1.30. The first-order valence-corrected chi connectivity index (χ1v) is 4.24. The summed E-state index contributed by atoms with van der Waals surface area (Å²) in [6.45, 7) is 1.98. The summed E-state index contributed by atoms with van der Waals surface area (Å²) in [5, 5.41) is 4.44. The first kappa shape index (κ1) is 7.73. The van der Waals surface area contributed by atoms with Crippen LogP contribution in [0.2, 0.25) is 0 Å². The van der Waals surface area contributed by atoms with E-state index < -0.39 is 0 Å². The number of carbonyl (C=O) groups is 1. The topological polar surface area (TPSA) is 65.0 Å². The summed E-state index contributed by atoms with van der Waals surface area (Å²) in [7, 11) is 0. The molecule has 2 fully saturated rings. The van der Waals surface area contributed by atoms with Gasteiger partial charge in [0.2, 0.25) is 1.43 Å². The van der Waals surface area contributed by atoms with E-state index in [1.54, 1.807) is 0 Å². The van der Waals surface area contributed by atoms with Gasteiger partial charge in [-0.1, -0.05) is 0 Å². The largest absolute Gasteiger partial charge is 0.457 e. The van der Waals surface area contributed by atoms with Crippen LogP contribution >= 0.6 is 0 Å². The second-order valence-electron chi connectivity index (χ2n) is 3.28. The Hall–Kier alpha value is -0.650. The van der Waals surface area contributed by atoms with Crippen LogP contribution in [0.4, 0.5) is 0 Å². The van der Waals surface area contributed by atoms with Crippen molar-refractivity contribution in [3.63, 3.8) is 0 Å². The minimum Gasteiger partial charge on any atom is -0.457 e. The molecule has 0 amide bonds. The molecule has 5 heteroatoms. The highest BCUT2D eigenvalue weighted by Crippen LogP contribution is 2.28. The molecule has 2 saturated heterocycles. The van der Waals surface area contributed by atoms with Crippen molar-refractivity contribution in [1.29, 1.82) is 1.43 Å². The highest BCUT2D eigenvalue weighted by Gasteiger charge is 2.48. The lowest BCUT2D eigenvalue weighted by Gasteiger charge is -2.14. The van der Waals surface area contributed by atoms with Gasteiger partial charge in [0.25, 0.3) is 0 Å². The molecule has 4 unspecified atom stereocenters. The summed E-state index contributed by atoms with van der Waals surface area (Å²) in [5.74, 6) is -0.349. The van der Waals surface area contributed by atoms with Crippen LogP contribution < -0.4 is 0 Å². The van der Waals surface area contributed by atoms with Crippen molar-refractivity contribution in [1.82, 2.24) is 0 Å². The quantitative estimate of drug-likeness (QED) is 0.569. The van der Waals surface area contributed by atoms with Gasteiger partial charge in [-0.3, -0.25) is 4.79 Å². The van der Waals surface area contributed by atoms with E-state index in [9.17, 15) is 4.79 Å². The van der Waals surface area contributed by atoms with Crippen LogP contribution in [0.1, 0.15) is 6.92 Å². The minimum atomic E-state index is -0.374.